The summed E-state index contributed by atoms with van der Waals surface area (Å²) in [6.07, 6.45) is 10.1. The summed E-state index contributed by atoms with van der Waals surface area (Å²) in [7, 11) is 0. The van der Waals surface area contributed by atoms with Gasteiger partial charge in [0.05, 0.1) is 12.8 Å². The number of nitrogens with zero attached hydrogens (tertiary/aromatic N) is 4. The molecule has 4 heterocycles. The molecular weight excluding hydrogens is 292 g/mol. The van der Waals surface area contributed by atoms with Crippen molar-refractivity contribution in [2.75, 3.05) is 37.7 Å². The number of piperidine rings is 2. The van der Waals surface area contributed by atoms with E-state index in [1.165, 1.54) is 0 Å². The van der Waals surface area contributed by atoms with E-state index in [4.69, 9.17) is 4.74 Å². The van der Waals surface area contributed by atoms with E-state index >= 15 is 0 Å². The minimum absolute atomic E-state index is 0.232. The molecule has 1 atom stereocenters. The summed E-state index contributed by atoms with van der Waals surface area (Å²) < 4.78 is 5.62. The fourth-order valence-electron chi connectivity index (χ4n) is 4.21. The van der Waals surface area contributed by atoms with E-state index < -0.39 is 0 Å². The molecule has 1 aromatic heterocycles. The summed E-state index contributed by atoms with van der Waals surface area (Å²) in [5.41, 5.74) is 0.232. The Morgan fingerprint density at radius 2 is 2.09 bits per heavy atom. The van der Waals surface area contributed by atoms with Crippen molar-refractivity contribution in [3.63, 3.8) is 0 Å². The van der Waals surface area contributed by atoms with Crippen molar-refractivity contribution in [3.8, 4) is 0 Å². The topological polar surface area (TPSA) is 58.6 Å². The second kappa shape index (κ2) is 6.07. The zero-order valence-electron chi connectivity index (χ0n) is 13.5. The van der Waals surface area contributed by atoms with Crippen molar-refractivity contribution in [2.45, 2.75) is 38.1 Å². The predicted molar refractivity (Wildman–Crippen MR) is 86.1 cm³/mol. The average Bonchev–Trinajstić information content (AvgIpc) is 3.07. The van der Waals surface area contributed by atoms with Gasteiger partial charge in [0.15, 0.2) is 0 Å². The number of carbonyl (C=O) groups is 1. The number of hydrogen-bond acceptors (Lipinski definition) is 5. The fraction of sp³-hybridized carbons (Fsp3) is 0.706. The van der Waals surface area contributed by atoms with Gasteiger partial charge in [0.2, 0.25) is 5.91 Å². The van der Waals surface area contributed by atoms with Crippen LogP contribution in [-0.2, 0) is 9.53 Å². The third-order valence-electron chi connectivity index (χ3n) is 5.66. The third-order valence-corrected chi connectivity index (χ3v) is 5.66. The molecule has 0 aromatic carbocycles. The van der Waals surface area contributed by atoms with Crippen molar-refractivity contribution in [2.24, 2.45) is 5.41 Å². The van der Waals surface area contributed by atoms with E-state index in [2.05, 4.69) is 19.8 Å². The molecule has 0 N–H and O–H groups in total. The maximum absolute atomic E-state index is 12.4. The van der Waals surface area contributed by atoms with Gasteiger partial charge in [-0.15, -0.1) is 0 Å². The quantitative estimate of drug-likeness (QED) is 0.827. The van der Waals surface area contributed by atoms with E-state index in [1.54, 1.807) is 12.4 Å². The highest BCUT2D eigenvalue weighted by molar-refractivity contribution is 5.77. The Morgan fingerprint density at radius 1 is 1.22 bits per heavy atom. The second-order valence-electron chi connectivity index (χ2n) is 7.11. The van der Waals surface area contributed by atoms with Crippen LogP contribution < -0.4 is 4.90 Å². The van der Waals surface area contributed by atoms with E-state index in [1.807, 2.05) is 6.20 Å². The molecule has 1 amide bonds. The maximum atomic E-state index is 12.4. The number of likely N-dealkylation sites (tertiary alicyclic amines) is 1. The van der Waals surface area contributed by atoms with Crippen molar-refractivity contribution in [1.29, 1.82) is 0 Å². The van der Waals surface area contributed by atoms with Crippen molar-refractivity contribution in [1.82, 2.24) is 14.9 Å². The Kier molecular flexibility index (Phi) is 3.93. The molecule has 0 aliphatic carbocycles. The Labute approximate surface area is 136 Å². The Balaban J connectivity index is 1.40. The Hall–Kier alpha value is -1.69. The van der Waals surface area contributed by atoms with Crippen LogP contribution in [0.25, 0.3) is 0 Å². The first kappa shape index (κ1) is 14.9. The van der Waals surface area contributed by atoms with Crippen molar-refractivity contribution >= 4 is 11.7 Å². The number of ether oxygens (including phenoxy) is 1. The van der Waals surface area contributed by atoms with Crippen molar-refractivity contribution < 1.29 is 9.53 Å². The van der Waals surface area contributed by atoms with Gasteiger partial charge in [-0.25, -0.2) is 4.98 Å². The Morgan fingerprint density at radius 3 is 2.78 bits per heavy atom. The second-order valence-corrected chi connectivity index (χ2v) is 7.11. The van der Waals surface area contributed by atoms with Gasteiger partial charge in [-0.3, -0.25) is 9.78 Å². The summed E-state index contributed by atoms with van der Waals surface area (Å²) in [6.45, 7) is 4.46. The van der Waals surface area contributed by atoms with E-state index in [9.17, 15) is 4.79 Å². The van der Waals surface area contributed by atoms with Crippen LogP contribution in [0.15, 0.2) is 18.6 Å². The molecule has 1 aromatic rings. The number of carbonyl (C=O) groups excluding carboxylic acids is 1. The Bertz CT molecular complexity index is 551. The molecule has 1 unspecified atom stereocenters. The highest BCUT2D eigenvalue weighted by atomic mass is 16.5. The normalized spacial score (nSPS) is 29.5. The highest BCUT2D eigenvalue weighted by Crippen LogP contribution is 2.39. The molecule has 3 fully saturated rings. The summed E-state index contributed by atoms with van der Waals surface area (Å²) in [5, 5.41) is 0. The van der Waals surface area contributed by atoms with E-state index in [0.29, 0.717) is 18.4 Å². The molecule has 3 aliphatic heterocycles. The average molecular weight is 316 g/mol. The van der Waals surface area contributed by atoms with E-state index in [0.717, 1.165) is 64.3 Å². The molecular formula is C17H24N4O2. The van der Waals surface area contributed by atoms with Gasteiger partial charge in [-0.1, -0.05) is 0 Å². The monoisotopic (exact) mass is 316 g/mol. The molecule has 23 heavy (non-hydrogen) atoms. The van der Waals surface area contributed by atoms with Crippen LogP contribution in [-0.4, -0.2) is 59.7 Å². The highest BCUT2D eigenvalue weighted by Gasteiger charge is 2.43. The largest absolute Gasteiger partial charge is 0.381 e. The van der Waals surface area contributed by atoms with Gasteiger partial charge < -0.3 is 14.5 Å². The predicted octanol–water partition coefficient (Wildman–Crippen LogP) is 1.47. The lowest BCUT2D eigenvalue weighted by molar-refractivity contribution is -0.141. The summed E-state index contributed by atoms with van der Waals surface area (Å²) in [4.78, 5) is 25.4. The summed E-state index contributed by atoms with van der Waals surface area (Å²) in [6, 6.07) is 0.369. The first-order chi connectivity index (χ1) is 11.3. The van der Waals surface area contributed by atoms with Crippen LogP contribution >= 0.6 is 0 Å². The molecule has 3 saturated heterocycles. The minimum Gasteiger partial charge on any atom is -0.381 e. The summed E-state index contributed by atoms with van der Waals surface area (Å²) >= 11 is 0. The molecule has 0 saturated carbocycles. The maximum Gasteiger partial charge on any atom is 0.222 e. The van der Waals surface area contributed by atoms with Crippen LogP contribution in [0.2, 0.25) is 0 Å². The first-order valence-corrected chi connectivity index (χ1v) is 8.64. The molecule has 0 bridgehead atoms. The molecule has 124 valence electrons. The summed E-state index contributed by atoms with van der Waals surface area (Å²) in [5.74, 6) is 1.28. The fourth-order valence-corrected chi connectivity index (χ4v) is 4.21. The lowest BCUT2D eigenvalue weighted by atomic mass is 9.78. The smallest absolute Gasteiger partial charge is 0.222 e. The number of rotatable bonds is 2. The van der Waals surface area contributed by atoms with Gasteiger partial charge >= 0.3 is 0 Å². The van der Waals surface area contributed by atoms with Gasteiger partial charge in [0, 0.05) is 56.5 Å². The molecule has 0 radical (unpaired) electrons. The number of amides is 1. The molecule has 4 rings (SSSR count). The third kappa shape index (κ3) is 2.92. The van der Waals surface area contributed by atoms with Gasteiger partial charge in [-0.05, 0) is 25.7 Å². The lowest BCUT2D eigenvalue weighted by Gasteiger charge is -2.45. The first-order valence-electron chi connectivity index (χ1n) is 8.64. The molecule has 6 heteroatoms. The minimum atomic E-state index is 0.232. The van der Waals surface area contributed by atoms with Gasteiger partial charge in [0.1, 0.15) is 5.82 Å². The van der Waals surface area contributed by atoms with Crippen molar-refractivity contribution in [3.05, 3.63) is 18.6 Å². The zero-order valence-corrected chi connectivity index (χ0v) is 13.5. The van der Waals surface area contributed by atoms with E-state index in [-0.39, 0.29) is 5.41 Å². The molecule has 3 aliphatic rings. The van der Waals surface area contributed by atoms with Crippen LogP contribution in [0.1, 0.15) is 32.1 Å². The van der Waals surface area contributed by atoms with Crippen LogP contribution in [0.4, 0.5) is 5.82 Å². The van der Waals surface area contributed by atoms with Crippen LogP contribution in [0.5, 0.6) is 0 Å². The van der Waals surface area contributed by atoms with Crippen LogP contribution in [0.3, 0.4) is 0 Å². The molecule has 1 spiro atoms. The zero-order chi connectivity index (χ0) is 15.7. The number of anilines is 1. The van der Waals surface area contributed by atoms with Crippen LogP contribution in [0, 0.1) is 5.41 Å². The standard InChI is InChI=1S/C17H24N4O2/c22-16-1-4-17(5-10-23-13-17)12-21(16)14-2-8-20(9-3-14)15-11-18-6-7-19-15/h6-7,11,14H,1-5,8-10,12-13H2. The SMILES string of the molecule is O=C1CCC2(CCOC2)CN1C1CCN(c2cnccn2)CC1. The number of hydrogen-bond donors (Lipinski definition) is 0. The van der Waals surface area contributed by atoms with Gasteiger partial charge in [-0.2, -0.15) is 0 Å². The lowest BCUT2D eigenvalue weighted by Crippen LogP contribution is -2.54. The number of aromatic nitrogens is 2. The molecule has 6 nitrogen and oxygen atoms in total. The van der Waals surface area contributed by atoms with Gasteiger partial charge in [0.25, 0.3) is 0 Å².